The van der Waals surface area contributed by atoms with Crippen molar-refractivity contribution in [1.29, 1.82) is 0 Å². The van der Waals surface area contributed by atoms with Gasteiger partial charge in [-0.25, -0.2) is 0 Å². The molecule has 0 saturated carbocycles. The minimum Gasteiger partial charge on any atom is -0.493 e. The predicted molar refractivity (Wildman–Crippen MR) is 147 cm³/mol. The Morgan fingerprint density at radius 3 is 2.56 bits per heavy atom. The summed E-state index contributed by atoms with van der Waals surface area (Å²) in [7, 11) is 1.63. The zero-order valence-electron chi connectivity index (χ0n) is 20.2. The van der Waals surface area contributed by atoms with E-state index in [4.69, 9.17) is 21.1 Å². The molecular weight excluding hydrogens is 517 g/mol. The number of ether oxygens (including phenoxy) is 2. The lowest BCUT2D eigenvalue weighted by atomic mass is 10.1. The van der Waals surface area contributed by atoms with Crippen molar-refractivity contribution in [2.75, 3.05) is 19.4 Å². The van der Waals surface area contributed by atoms with Crippen LogP contribution in [0.15, 0.2) is 71.9 Å². The molecule has 0 bridgehead atoms. The van der Waals surface area contributed by atoms with Crippen LogP contribution in [0, 0.1) is 6.92 Å². The van der Waals surface area contributed by atoms with E-state index in [0.717, 1.165) is 40.7 Å². The smallest absolute Gasteiger partial charge is 0.214 e. The number of tetrazole rings is 1. The summed E-state index contributed by atoms with van der Waals surface area (Å²) in [4.78, 5) is 0. The summed E-state index contributed by atoms with van der Waals surface area (Å²) >= 11 is 8.17. The second kappa shape index (κ2) is 14.1. The monoisotopic (exact) mass is 545 g/mol. The highest BCUT2D eigenvalue weighted by Crippen LogP contribution is 2.37. The zero-order chi connectivity index (χ0) is 24.5. The number of hydrogen-bond donors (Lipinski definition) is 1. The largest absolute Gasteiger partial charge is 0.493 e. The maximum absolute atomic E-state index is 6.53. The van der Waals surface area contributed by atoms with Gasteiger partial charge >= 0.3 is 0 Å². The molecule has 4 aromatic rings. The number of para-hydroxylation sites is 1. The molecule has 0 aliphatic heterocycles. The van der Waals surface area contributed by atoms with Crippen LogP contribution in [0.5, 0.6) is 11.5 Å². The maximum Gasteiger partial charge on any atom is 0.214 e. The summed E-state index contributed by atoms with van der Waals surface area (Å²) in [5.41, 5.74) is 4.29. The molecule has 0 unspecified atom stereocenters. The third kappa shape index (κ3) is 7.61. The summed E-state index contributed by atoms with van der Waals surface area (Å²) in [5, 5.41) is 16.8. The van der Waals surface area contributed by atoms with E-state index in [1.54, 1.807) is 23.6 Å². The first-order valence-electron chi connectivity index (χ1n) is 11.4. The Kier molecular flexibility index (Phi) is 10.9. The fourth-order valence-corrected chi connectivity index (χ4v) is 4.57. The van der Waals surface area contributed by atoms with Gasteiger partial charge in [0, 0.05) is 12.3 Å². The number of aryl methyl sites for hydroxylation is 1. The molecule has 0 radical (unpaired) electrons. The van der Waals surface area contributed by atoms with Crippen LogP contribution >= 0.6 is 35.8 Å². The van der Waals surface area contributed by atoms with E-state index in [2.05, 4.69) is 39.9 Å². The molecule has 0 aliphatic rings. The van der Waals surface area contributed by atoms with Gasteiger partial charge in [-0.1, -0.05) is 71.4 Å². The van der Waals surface area contributed by atoms with E-state index in [0.29, 0.717) is 29.7 Å². The lowest BCUT2D eigenvalue weighted by molar-refractivity contribution is 0.284. The van der Waals surface area contributed by atoms with Crippen LogP contribution in [-0.4, -0.2) is 39.6 Å². The molecule has 0 atom stereocenters. The molecule has 1 aromatic heterocycles. The first-order valence-corrected chi connectivity index (χ1v) is 12.7. The highest BCUT2D eigenvalue weighted by Gasteiger charge is 2.13. The molecule has 0 spiro atoms. The first kappa shape index (κ1) is 27.8. The standard InChI is InChI=1S/C26H28ClN5O2S.ClH/c1-19-9-11-20(12-10-19)18-34-25-23(27)15-21(16-24(25)33-2)17-28-13-6-14-35-26-29-30-31-32(26)22-7-4-3-5-8-22;/h3-5,7-12,15-16,28H,6,13-14,17-18H2,1-2H3;1H. The molecule has 3 aromatic carbocycles. The van der Waals surface area contributed by atoms with Gasteiger partial charge in [0.2, 0.25) is 5.16 Å². The third-order valence-electron chi connectivity index (χ3n) is 5.29. The topological polar surface area (TPSA) is 74.1 Å². The van der Waals surface area contributed by atoms with Crippen molar-refractivity contribution in [2.24, 2.45) is 0 Å². The van der Waals surface area contributed by atoms with Crippen LogP contribution in [0.1, 0.15) is 23.1 Å². The molecule has 4 rings (SSSR count). The number of methoxy groups -OCH3 is 1. The number of thioether (sulfide) groups is 1. The second-order valence-corrected chi connectivity index (χ2v) is 9.44. The Morgan fingerprint density at radius 2 is 1.81 bits per heavy atom. The van der Waals surface area contributed by atoms with Gasteiger partial charge in [0.15, 0.2) is 11.5 Å². The molecule has 190 valence electrons. The van der Waals surface area contributed by atoms with Gasteiger partial charge in [-0.05, 0) is 65.7 Å². The Hall–Kier alpha value is -2.78. The number of rotatable bonds is 12. The van der Waals surface area contributed by atoms with Crippen LogP contribution in [0.25, 0.3) is 5.69 Å². The lowest BCUT2D eigenvalue weighted by Crippen LogP contribution is -2.15. The molecule has 7 nitrogen and oxygen atoms in total. The summed E-state index contributed by atoms with van der Waals surface area (Å²) in [6.45, 7) is 4.03. The molecule has 1 N–H and O–H groups in total. The lowest BCUT2D eigenvalue weighted by Gasteiger charge is -2.15. The third-order valence-corrected chi connectivity index (χ3v) is 6.58. The van der Waals surface area contributed by atoms with E-state index >= 15 is 0 Å². The van der Waals surface area contributed by atoms with E-state index in [9.17, 15) is 0 Å². The van der Waals surface area contributed by atoms with Gasteiger partial charge in [0.05, 0.1) is 17.8 Å². The number of halogens is 2. The molecule has 0 saturated heterocycles. The SMILES string of the molecule is COc1cc(CNCCCSc2nnnn2-c2ccccc2)cc(Cl)c1OCc1ccc(C)cc1.Cl. The number of aromatic nitrogens is 4. The van der Waals surface area contributed by atoms with Crippen molar-refractivity contribution in [1.82, 2.24) is 25.5 Å². The van der Waals surface area contributed by atoms with Gasteiger partial charge in [-0.3, -0.25) is 0 Å². The summed E-state index contributed by atoms with van der Waals surface area (Å²) in [5.74, 6) is 2.09. The van der Waals surface area contributed by atoms with Gasteiger partial charge < -0.3 is 14.8 Å². The van der Waals surface area contributed by atoms with E-state index in [1.165, 1.54) is 5.56 Å². The highest BCUT2D eigenvalue weighted by molar-refractivity contribution is 7.99. The zero-order valence-corrected chi connectivity index (χ0v) is 22.6. The minimum atomic E-state index is 0. The van der Waals surface area contributed by atoms with Crippen LogP contribution < -0.4 is 14.8 Å². The summed E-state index contributed by atoms with van der Waals surface area (Å²) in [6, 6.07) is 22.0. The first-order chi connectivity index (χ1) is 17.1. The van der Waals surface area contributed by atoms with Gasteiger partial charge in [0.1, 0.15) is 6.61 Å². The number of nitrogens with one attached hydrogen (secondary N) is 1. The highest BCUT2D eigenvalue weighted by atomic mass is 35.5. The van der Waals surface area contributed by atoms with Gasteiger partial charge in [-0.15, -0.1) is 17.5 Å². The van der Waals surface area contributed by atoms with Crippen LogP contribution in [0.2, 0.25) is 5.02 Å². The minimum absolute atomic E-state index is 0. The van der Waals surface area contributed by atoms with Crippen molar-refractivity contribution >= 4 is 35.8 Å². The Labute approximate surface area is 226 Å². The molecule has 1 heterocycles. The molecule has 36 heavy (non-hydrogen) atoms. The fourth-order valence-electron chi connectivity index (χ4n) is 3.45. The van der Waals surface area contributed by atoms with Crippen molar-refractivity contribution in [2.45, 2.75) is 31.7 Å². The molecule has 0 amide bonds. The number of hydrogen-bond acceptors (Lipinski definition) is 7. The maximum atomic E-state index is 6.53. The van der Waals surface area contributed by atoms with E-state index < -0.39 is 0 Å². The van der Waals surface area contributed by atoms with Crippen molar-refractivity contribution < 1.29 is 9.47 Å². The fraction of sp³-hybridized carbons (Fsp3) is 0.269. The summed E-state index contributed by atoms with van der Waals surface area (Å²) in [6.07, 6.45) is 0.967. The molecule has 0 fully saturated rings. The molecular formula is C26H29Cl2N5O2S. The Balaban J connectivity index is 0.00000361. The molecule has 10 heteroatoms. The predicted octanol–water partition coefficient (Wildman–Crippen LogP) is 5.91. The summed E-state index contributed by atoms with van der Waals surface area (Å²) < 4.78 is 13.3. The van der Waals surface area contributed by atoms with Crippen LogP contribution in [-0.2, 0) is 13.2 Å². The van der Waals surface area contributed by atoms with Crippen molar-refractivity contribution in [3.8, 4) is 17.2 Å². The van der Waals surface area contributed by atoms with Crippen molar-refractivity contribution in [3.05, 3.63) is 88.4 Å². The molecule has 0 aliphatic carbocycles. The van der Waals surface area contributed by atoms with Crippen LogP contribution in [0.4, 0.5) is 0 Å². The normalized spacial score (nSPS) is 10.6. The second-order valence-electron chi connectivity index (χ2n) is 7.97. The van der Waals surface area contributed by atoms with Gasteiger partial charge in [0.25, 0.3) is 0 Å². The Bertz CT molecular complexity index is 1220. The quantitative estimate of drug-likeness (QED) is 0.175. The van der Waals surface area contributed by atoms with Gasteiger partial charge in [-0.2, -0.15) is 4.68 Å². The van der Waals surface area contributed by atoms with Crippen molar-refractivity contribution in [3.63, 3.8) is 0 Å². The van der Waals surface area contributed by atoms with Crippen LogP contribution in [0.3, 0.4) is 0 Å². The number of benzene rings is 3. The average molecular weight is 547 g/mol. The van der Waals surface area contributed by atoms with E-state index in [1.807, 2.05) is 54.6 Å². The average Bonchev–Trinajstić information content (AvgIpc) is 3.35. The van der Waals surface area contributed by atoms with E-state index in [-0.39, 0.29) is 12.4 Å². The Morgan fingerprint density at radius 1 is 1.03 bits per heavy atom. The number of nitrogens with zero attached hydrogens (tertiary/aromatic N) is 4.